The molecule has 1 N–H and O–H groups in total. The van der Waals surface area contributed by atoms with Crippen molar-refractivity contribution in [2.45, 2.75) is 6.42 Å². The van der Waals surface area contributed by atoms with E-state index in [4.69, 9.17) is 11.6 Å². The number of aromatic hydroxyl groups is 1. The normalized spacial score (nSPS) is 10.3. The Balaban J connectivity index is 2.25. The second kappa shape index (κ2) is 5.19. The van der Waals surface area contributed by atoms with Crippen molar-refractivity contribution in [1.82, 2.24) is 0 Å². The lowest BCUT2D eigenvalue weighted by atomic mass is 10.0. The van der Waals surface area contributed by atoms with Gasteiger partial charge in [0.05, 0.1) is 10.6 Å². The van der Waals surface area contributed by atoms with Crippen LogP contribution >= 0.6 is 11.6 Å². The molecule has 2 aromatic carbocycles. The maximum Gasteiger partial charge on any atom is 0.170 e. The Morgan fingerprint density at radius 3 is 2.67 bits per heavy atom. The average molecular weight is 265 g/mol. The van der Waals surface area contributed by atoms with Crippen LogP contribution in [0.3, 0.4) is 0 Å². The third-order valence-corrected chi connectivity index (χ3v) is 2.82. The minimum atomic E-state index is -0.704. The summed E-state index contributed by atoms with van der Waals surface area (Å²) in [5.74, 6) is -1.00. The standard InChI is InChI=1S/C14H10ClFO2/c15-12-6-2-5-11(14(12)16)13(18)8-9-3-1-4-10(17)7-9/h1-7,17H,8H2. The van der Waals surface area contributed by atoms with Crippen LogP contribution in [0.4, 0.5) is 4.39 Å². The first-order valence-corrected chi connectivity index (χ1v) is 5.71. The van der Waals surface area contributed by atoms with E-state index in [9.17, 15) is 14.3 Å². The molecule has 4 heteroatoms. The molecule has 0 aliphatic rings. The van der Waals surface area contributed by atoms with E-state index >= 15 is 0 Å². The van der Waals surface area contributed by atoms with Gasteiger partial charge < -0.3 is 5.11 Å². The summed E-state index contributed by atoms with van der Waals surface area (Å²) in [4.78, 5) is 11.9. The van der Waals surface area contributed by atoms with Crippen LogP contribution in [0.25, 0.3) is 0 Å². The highest BCUT2D eigenvalue weighted by atomic mass is 35.5. The first-order chi connectivity index (χ1) is 8.58. The Morgan fingerprint density at radius 1 is 1.22 bits per heavy atom. The molecule has 0 aromatic heterocycles. The summed E-state index contributed by atoms with van der Waals surface area (Å²) in [6, 6.07) is 10.6. The van der Waals surface area contributed by atoms with Gasteiger partial charge in [0.25, 0.3) is 0 Å². The van der Waals surface area contributed by atoms with Crippen molar-refractivity contribution < 1.29 is 14.3 Å². The predicted octanol–water partition coefficient (Wildman–Crippen LogP) is 3.61. The molecule has 0 radical (unpaired) electrons. The molecule has 0 atom stereocenters. The number of halogens is 2. The number of carbonyl (C=O) groups excluding carboxylic acids is 1. The van der Waals surface area contributed by atoms with Crippen molar-refractivity contribution in [1.29, 1.82) is 0 Å². The Morgan fingerprint density at radius 2 is 1.94 bits per heavy atom. The van der Waals surface area contributed by atoms with Gasteiger partial charge in [-0.15, -0.1) is 0 Å². The fraction of sp³-hybridized carbons (Fsp3) is 0.0714. The van der Waals surface area contributed by atoms with Gasteiger partial charge >= 0.3 is 0 Å². The third kappa shape index (κ3) is 2.68. The zero-order valence-electron chi connectivity index (χ0n) is 9.36. The number of carbonyl (C=O) groups is 1. The molecule has 92 valence electrons. The second-order valence-electron chi connectivity index (χ2n) is 3.87. The topological polar surface area (TPSA) is 37.3 Å². The molecule has 18 heavy (non-hydrogen) atoms. The summed E-state index contributed by atoms with van der Waals surface area (Å²) >= 11 is 5.62. The van der Waals surface area contributed by atoms with E-state index < -0.39 is 5.82 Å². The van der Waals surface area contributed by atoms with Crippen LogP contribution in [-0.2, 0) is 6.42 Å². The molecule has 0 saturated carbocycles. The minimum absolute atomic E-state index is 0.0195. The maximum atomic E-state index is 13.6. The van der Waals surface area contributed by atoms with E-state index in [1.165, 1.54) is 30.3 Å². The van der Waals surface area contributed by atoms with Crippen molar-refractivity contribution in [2.24, 2.45) is 0 Å². The number of hydrogen-bond acceptors (Lipinski definition) is 2. The molecule has 0 aliphatic carbocycles. The summed E-state index contributed by atoms with van der Waals surface area (Å²) in [6.07, 6.45) is 0.0195. The number of rotatable bonds is 3. The first-order valence-electron chi connectivity index (χ1n) is 5.33. The van der Waals surface area contributed by atoms with Crippen molar-refractivity contribution >= 4 is 17.4 Å². The molecule has 0 unspecified atom stereocenters. The van der Waals surface area contributed by atoms with Gasteiger partial charge in [-0.2, -0.15) is 0 Å². The monoisotopic (exact) mass is 264 g/mol. The van der Waals surface area contributed by atoms with Gasteiger partial charge in [0.1, 0.15) is 5.75 Å². The molecule has 0 bridgehead atoms. The van der Waals surface area contributed by atoms with Crippen LogP contribution < -0.4 is 0 Å². The lowest BCUT2D eigenvalue weighted by Gasteiger charge is -2.04. The third-order valence-electron chi connectivity index (χ3n) is 2.53. The van der Waals surface area contributed by atoms with Gasteiger partial charge in [0, 0.05) is 6.42 Å². The zero-order valence-corrected chi connectivity index (χ0v) is 10.1. The SMILES string of the molecule is O=C(Cc1cccc(O)c1)c1cccc(Cl)c1F. The van der Waals surface area contributed by atoms with Gasteiger partial charge in [-0.25, -0.2) is 4.39 Å². The molecule has 0 heterocycles. The van der Waals surface area contributed by atoms with Gasteiger partial charge in [0.2, 0.25) is 0 Å². The first kappa shape index (κ1) is 12.6. The number of benzene rings is 2. The number of ketones is 1. The maximum absolute atomic E-state index is 13.6. The minimum Gasteiger partial charge on any atom is -0.508 e. The Labute approximate surface area is 109 Å². The Hall–Kier alpha value is -1.87. The van der Waals surface area contributed by atoms with E-state index in [1.807, 2.05) is 0 Å². The van der Waals surface area contributed by atoms with E-state index in [0.29, 0.717) is 5.56 Å². The van der Waals surface area contributed by atoms with Crippen LogP contribution in [-0.4, -0.2) is 10.9 Å². The smallest absolute Gasteiger partial charge is 0.170 e. The Kier molecular flexibility index (Phi) is 3.63. The quantitative estimate of drug-likeness (QED) is 0.860. The van der Waals surface area contributed by atoms with Crippen LogP contribution in [0.5, 0.6) is 5.75 Å². The van der Waals surface area contributed by atoms with Crippen molar-refractivity contribution in [2.75, 3.05) is 0 Å². The largest absolute Gasteiger partial charge is 0.508 e. The van der Waals surface area contributed by atoms with E-state index in [1.54, 1.807) is 12.1 Å². The molecule has 0 spiro atoms. The van der Waals surface area contributed by atoms with Crippen LogP contribution in [0.1, 0.15) is 15.9 Å². The van der Waals surface area contributed by atoms with Crippen molar-refractivity contribution in [3.63, 3.8) is 0 Å². The summed E-state index contributed by atoms with van der Waals surface area (Å²) in [6.45, 7) is 0. The fourth-order valence-corrected chi connectivity index (χ4v) is 1.84. The van der Waals surface area contributed by atoms with Gasteiger partial charge in [-0.05, 0) is 29.8 Å². The Bertz CT molecular complexity index is 596. The molecule has 2 rings (SSSR count). The fourth-order valence-electron chi connectivity index (χ4n) is 1.67. The van der Waals surface area contributed by atoms with Crippen LogP contribution in [0, 0.1) is 5.82 Å². The van der Waals surface area contributed by atoms with E-state index in [2.05, 4.69) is 0 Å². The summed E-state index contributed by atoms with van der Waals surface area (Å²) < 4.78 is 13.6. The lowest BCUT2D eigenvalue weighted by molar-refractivity contribution is 0.0989. The van der Waals surface area contributed by atoms with Crippen LogP contribution in [0.2, 0.25) is 5.02 Å². The molecular weight excluding hydrogens is 255 g/mol. The van der Waals surface area contributed by atoms with Gasteiger partial charge in [-0.1, -0.05) is 29.8 Å². The number of hydrogen-bond donors (Lipinski definition) is 1. The number of phenols is 1. The van der Waals surface area contributed by atoms with E-state index in [-0.39, 0.29) is 28.5 Å². The predicted molar refractivity (Wildman–Crippen MR) is 67.6 cm³/mol. The molecule has 0 amide bonds. The lowest BCUT2D eigenvalue weighted by Crippen LogP contribution is -2.06. The number of phenolic OH excluding ortho intramolecular Hbond substituents is 1. The molecule has 2 nitrogen and oxygen atoms in total. The summed E-state index contributed by atoms with van der Waals surface area (Å²) in [7, 11) is 0. The van der Waals surface area contributed by atoms with Gasteiger partial charge in [0.15, 0.2) is 11.6 Å². The van der Waals surface area contributed by atoms with Crippen LogP contribution in [0.15, 0.2) is 42.5 Å². The summed E-state index contributed by atoms with van der Waals surface area (Å²) in [5.41, 5.74) is 0.588. The highest BCUT2D eigenvalue weighted by Crippen LogP contribution is 2.20. The molecule has 0 saturated heterocycles. The average Bonchev–Trinajstić information content (AvgIpc) is 2.32. The van der Waals surface area contributed by atoms with Gasteiger partial charge in [-0.3, -0.25) is 4.79 Å². The molecular formula is C14H10ClFO2. The van der Waals surface area contributed by atoms with Crippen molar-refractivity contribution in [3.8, 4) is 5.75 Å². The molecule has 2 aromatic rings. The highest BCUT2D eigenvalue weighted by molar-refractivity contribution is 6.31. The number of Topliss-reactive ketones (excluding diaryl/α,β-unsaturated/α-hetero) is 1. The molecule has 0 aliphatic heterocycles. The summed E-state index contributed by atoms with van der Waals surface area (Å²) in [5, 5.41) is 9.22. The molecule has 0 fully saturated rings. The van der Waals surface area contributed by atoms with Crippen molar-refractivity contribution in [3.05, 3.63) is 64.4 Å². The van der Waals surface area contributed by atoms with E-state index in [0.717, 1.165) is 0 Å². The second-order valence-corrected chi connectivity index (χ2v) is 4.28. The highest BCUT2D eigenvalue weighted by Gasteiger charge is 2.14. The zero-order chi connectivity index (χ0) is 13.1.